The molecule has 24 heavy (non-hydrogen) atoms. The molecule has 1 nitrogen and oxygen atoms in total. The summed E-state index contributed by atoms with van der Waals surface area (Å²) in [5.41, 5.74) is 5.51. The third-order valence-corrected chi connectivity index (χ3v) is 4.41. The molecule has 0 bridgehead atoms. The molecule has 0 atom stereocenters. The van der Waals surface area contributed by atoms with E-state index in [2.05, 4.69) is 84.5 Å². The minimum absolute atomic E-state index is 0.0905. The lowest BCUT2D eigenvalue weighted by Gasteiger charge is -2.28. The van der Waals surface area contributed by atoms with Crippen LogP contribution in [0, 0.1) is 0 Å². The molecule has 0 spiro atoms. The van der Waals surface area contributed by atoms with E-state index in [4.69, 9.17) is 0 Å². The Morgan fingerprint density at radius 2 is 1.29 bits per heavy atom. The Labute approximate surface area is 147 Å². The molecule has 0 saturated heterocycles. The topological polar surface area (TPSA) is 20.2 Å². The predicted molar refractivity (Wildman–Crippen MR) is 105 cm³/mol. The number of hydrogen-bond donors (Lipinski definition) is 1. The number of benzene rings is 2. The van der Waals surface area contributed by atoms with Crippen LogP contribution in [0.2, 0.25) is 0 Å². The van der Waals surface area contributed by atoms with Gasteiger partial charge >= 0.3 is 0 Å². The van der Waals surface area contributed by atoms with Gasteiger partial charge in [-0.15, -0.1) is 0 Å². The first-order valence-corrected chi connectivity index (χ1v) is 8.60. The SMILES string of the molecule is C=Cc1ccc(Cc2cc(C(C)(C)C)c(O)c(C(C)(C)C)c2)cc1. The van der Waals surface area contributed by atoms with Crippen molar-refractivity contribution in [3.8, 4) is 5.75 Å². The zero-order valence-electron chi connectivity index (χ0n) is 15.9. The molecular formula is C23H30O. The molecule has 0 heterocycles. The molecule has 0 unspecified atom stereocenters. The summed E-state index contributed by atoms with van der Waals surface area (Å²) in [6.45, 7) is 16.7. The Morgan fingerprint density at radius 3 is 1.67 bits per heavy atom. The Hall–Kier alpha value is -2.02. The van der Waals surface area contributed by atoms with E-state index in [1.807, 2.05) is 6.08 Å². The molecule has 0 radical (unpaired) electrons. The number of phenols is 1. The molecule has 128 valence electrons. The minimum atomic E-state index is -0.0905. The fraction of sp³-hybridized carbons (Fsp3) is 0.391. The van der Waals surface area contributed by atoms with Crippen molar-refractivity contribution in [1.29, 1.82) is 0 Å². The van der Waals surface area contributed by atoms with Gasteiger partial charge in [0.2, 0.25) is 0 Å². The van der Waals surface area contributed by atoms with Crippen LogP contribution in [0.1, 0.15) is 69.4 Å². The molecule has 0 amide bonds. The van der Waals surface area contributed by atoms with Crippen LogP contribution in [-0.4, -0.2) is 5.11 Å². The second kappa shape index (κ2) is 6.47. The van der Waals surface area contributed by atoms with Gasteiger partial charge in [-0.3, -0.25) is 0 Å². The van der Waals surface area contributed by atoms with E-state index >= 15 is 0 Å². The van der Waals surface area contributed by atoms with Gasteiger partial charge in [0.1, 0.15) is 5.75 Å². The highest BCUT2D eigenvalue weighted by Crippen LogP contribution is 2.40. The van der Waals surface area contributed by atoms with Crippen LogP contribution in [0.15, 0.2) is 43.0 Å². The maximum absolute atomic E-state index is 10.8. The Balaban J connectivity index is 2.51. The fourth-order valence-electron chi connectivity index (χ4n) is 2.95. The van der Waals surface area contributed by atoms with Crippen LogP contribution < -0.4 is 0 Å². The molecule has 0 aliphatic carbocycles. The quantitative estimate of drug-likeness (QED) is 0.711. The number of aromatic hydroxyl groups is 1. The normalized spacial score (nSPS) is 12.2. The standard InChI is InChI=1S/C23H30O/c1-8-16-9-11-17(12-10-16)13-18-14-19(22(2,3)4)21(24)20(15-18)23(5,6)7/h8-12,14-15,24H,1,13H2,2-7H3. The largest absolute Gasteiger partial charge is 0.507 e. The summed E-state index contributed by atoms with van der Waals surface area (Å²) in [7, 11) is 0. The minimum Gasteiger partial charge on any atom is -0.507 e. The first-order valence-electron chi connectivity index (χ1n) is 8.60. The average Bonchev–Trinajstić information content (AvgIpc) is 2.47. The zero-order valence-corrected chi connectivity index (χ0v) is 15.9. The molecule has 0 aromatic heterocycles. The highest BCUT2D eigenvalue weighted by Gasteiger charge is 2.26. The summed E-state index contributed by atoms with van der Waals surface area (Å²) in [5, 5.41) is 10.8. The average molecular weight is 322 g/mol. The van der Waals surface area contributed by atoms with Gasteiger partial charge in [0.15, 0.2) is 0 Å². The zero-order chi connectivity index (χ0) is 18.1. The van der Waals surface area contributed by atoms with Crippen LogP contribution in [0.25, 0.3) is 6.08 Å². The lowest BCUT2D eigenvalue weighted by atomic mass is 9.78. The molecule has 2 aromatic rings. The molecule has 2 rings (SSSR count). The van der Waals surface area contributed by atoms with Gasteiger partial charge in [0, 0.05) is 0 Å². The van der Waals surface area contributed by atoms with E-state index in [0.717, 1.165) is 23.1 Å². The molecule has 2 aromatic carbocycles. The van der Waals surface area contributed by atoms with Gasteiger partial charge in [-0.25, -0.2) is 0 Å². The third kappa shape index (κ3) is 4.08. The molecular weight excluding hydrogens is 292 g/mol. The summed E-state index contributed by atoms with van der Waals surface area (Å²) < 4.78 is 0. The van der Waals surface area contributed by atoms with E-state index in [9.17, 15) is 5.11 Å². The van der Waals surface area contributed by atoms with Crippen molar-refractivity contribution in [3.05, 3.63) is 70.8 Å². The van der Waals surface area contributed by atoms with E-state index < -0.39 is 0 Å². The van der Waals surface area contributed by atoms with Crippen molar-refractivity contribution in [3.63, 3.8) is 0 Å². The van der Waals surface area contributed by atoms with Gasteiger partial charge in [-0.1, -0.05) is 90.6 Å². The summed E-state index contributed by atoms with van der Waals surface area (Å²) in [6, 6.07) is 12.8. The van der Waals surface area contributed by atoms with E-state index in [-0.39, 0.29) is 10.8 Å². The monoisotopic (exact) mass is 322 g/mol. The summed E-state index contributed by atoms with van der Waals surface area (Å²) in [5.74, 6) is 0.445. The first-order chi connectivity index (χ1) is 11.0. The van der Waals surface area contributed by atoms with Crippen molar-refractivity contribution in [2.75, 3.05) is 0 Å². The maximum Gasteiger partial charge on any atom is 0.123 e. The van der Waals surface area contributed by atoms with E-state index in [0.29, 0.717) is 5.75 Å². The van der Waals surface area contributed by atoms with Crippen molar-refractivity contribution in [2.45, 2.75) is 58.8 Å². The van der Waals surface area contributed by atoms with Crippen LogP contribution in [0.3, 0.4) is 0 Å². The predicted octanol–water partition coefficient (Wildman–Crippen LogP) is 6.22. The Morgan fingerprint density at radius 1 is 0.833 bits per heavy atom. The lowest BCUT2D eigenvalue weighted by molar-refractivity contribution is 0.423. The van der Waals surface area contributed by atoms with Gasteiger partial charge in [-0.2, -0.15) is 0 Å². The number of hydrogen-bond acceptors (Lipinski definition) is 1. The molecule has 0 aliphatic heterocycles. The molecule has 0 fully saturated rings. The second-order valence-corrected chi connectivity index (χ2v) is 8.66. The van der Waals surface area contributed by atoms with Gasteiger partial charge in [0.25, 0.3) is 0 Å². The highest BCUT2D eigenvalue weighted by molar-refractivity contribution is 5.51. The van der Waals surface area contributed by atoms with Gasteiger partial charge in [-0.05, 0) is 45.1 Å². The Bertz CT molecular complexity index is 687. The lowest BCUT2D eigenvalue weighted by Crippen LogP contribution is -2.18. The van der Waals surface area contributed by atoms with Crippen molar-refractivity contribution in [2.24, 2.45) is 0 Å². The Kier molecular flexibility index (Phi) is 4.94. The van der Waals surface area contributed by atoms with Crippen LogP contribution in [-0.2, 0) is 17.3 Å². The fourth-order valence-corrected chi connectivity index (χ4v) is 2.95. The number of phenolic OH excluding ortho intramolecular Hbond substituents is 1. The van der Waals surface area contributed by atoms with E-state index in [1.54, 1.807) is 0 Å². The van der Waals surface area contributed by atoms with E-state index in [1.165, 1.54) is 11.1 Å². The van der Waals surface area contributed by atoms with Crippen molar-refractivity contribution in [1.82, 2.24) is 0 Å². The molecule has 0 aliphatic rings. The second-order valence-electron chi connectivity index (χ2n) is 8.66. The van der Waals surface area contributed by atoms with Gasteiger partial charge in [0.05, 0.1) is 0 Å². The van der Waals surface area contributed by atoms with Crippen LogP contribution >= 0.6 is 0 Å². The molecule has 0 saturated carbocycles. The summed E-state index contributed by atoms with van der Waals surface area (Å²) in [6.07, 6.45) is 2.73. The van der Waals surface area contributed by atoms with Crippen LogP contribution in [0.5, 0.6) is 5.75 Å². The molecule has 1 N–H and O–H groups in total. The van der Waals surface area contributed by atoms with Crippen molar-refractivity contribution < 1.29 is 5.11 Å². The number of rotatable bonds is 3. The van der Waals surface area contributed by atoms with Crippen LogP contribution in [0.4, 0.5) is 0 Å². The maximum atomic E-state index is 10.8. The third-order valence-electron chi connectivity index (χ3n) is 4.41. The first kappa shape index (κ1) is 18.3. The summed E-state index contributed by atoms with van der Waals surface area (Å²) >= 11 is 0. The van der Waals surface area contributed by atoms with Gasteiger partial charge < -0.3 is 5.11 Å². The van der Waals surface area contributed by atoms with Crippen molar-refractivity contribution >= 4 is 6.08 Å². The summed E-state index contributed by atoms with van der Waals surface area (Å²) in [4.78, 5) is 0. The smallest absolute Gasteiger partial charge is 0.123 e. The highest BCUT2D eigenvalue weighted by atomic mass is 16.3. The molecule has 1 heteroatoms.